The minimum Gasteiger partial charge on any atom is -0.462 e. The topological polar surface area (TPSA) is 118 Å². The molecule has 0 fully saturated rings. The molecule has 0 spiro atoms. The number of aromatic amines is 1. The number of hydrogen-bond donors (Lipinski definition) is 2. The first-order chi connectivity index (χ1) is 10.8. The summed E-state index contributed by atoms with van der Waals surface area (Å²) in [5.74, 6) is -0.987. The van der Waals surface area contributed by atoms with Crippen molar-refractivity contribution in [1.29, 1.82) is 0 Å². The SMILES string of the molecule is CCOC(=O)c1cn[nH]c1S(=O)(=O)Nc1cccc(C(C)=O)c1. The number of ketones is 1. The molecule has 0 radical (unpaired) electrons. The smallest absolute Gasteiger partial charge is 0.342 e. The van der Waals surface area contributed by atoms with Crippen LogP contribution >= 0.6 is 0 Å². The second kappa shape index (κ2) is 6.61. The van der Waals surface area contributed by atoms with E-state index in [1.165, 1.54) is 19.1 Å². The molecule has 8 nitrogen and oxygen atoms in total. The maximum absolute atomic E-state index is 12.4. The van der Waals surface area contributed by atoms with E-state index in [4.69, 9.17) is 4.74 Å². The molecular formula is C14H15N3O5S. The van der Waals surface area contributed by atoms with E-state index < -0.39 is 21.0 Å². The van der Waals surface area contributed by atoms with Gasteiger partial charge in [-0.15, -0.1) is 0 Å². The third kappa shape index (κ3) is 3.75. The molecule has 2 rings (SSSR count). The van der Waals surface area contributed by atoms with Crippen molar-refractivity contribution < 1.29 is 22.7 Å². The number of Topliss-reactive ketones (excluding diaryl/α,β-unsaturated/α-hetero) is 1. The summed E-state index contributed by atoms with van der Waals surface area (Å²) in [4.78, 5) is 23.1. The number of esters is 1. The lowest BCUT2D eigenvalue weighted by atomic mass is 10.1. The van der Waals surface area contributed by atoms with Gasteiger partial charge >= 0.3 is 5.97 Å². The summed E-state index contributed by atoms with van der Waals surface area (Å²) in [7, 11) is -4.09. The van der Waals surface area contributed by atoms with Crippen molar-refractivity contribution in [3.05, 3.63) is 41.6 Å². The lowest BCUT2D eigenvalue weighted by molar-refractivity contribution is 0.0521. The van der Waals surface area contributed by atoms with Crippen molar-refractivity contribution in [2.24, 2.45) is 0 Å². The van der Waals surface area contributed by atoms with Crippen LogP contribution in [0.2, 0.25) is 0 Å². The summed E-state index contributed by atoms with van der Waals surface area (Å²) in [6, 6.07) is 6.01. The van der Waals surface area contributed by atoms with Gasteiger partial charge in [0.2, 0.25) is 0 Å². The molecule has 0 aliphatic carbocycles. The van der Waals surface area contributed by atoms with E-state index in [1.807, 2.05) is 0 Å². The van der Waals surface area contributed by atoms with Gasteiger partial charge in [-0.05, 0) is 26.0 Å². The molecule has 1 heterocycles. The van der Waals surface area contributed by atoms with Gasteiger partial charge in [-0.25, -0.2) is 4.79 Å². The second-order valence-electron chi connectivity index (χ2n) is 4.58. The van der Waals surface area contributed by atoms with E-state index in [0.29, 0.717) is 5.56 Å². The summed E-state index contributed by atoms with van der Waals surface area (Å²) in [5, 5.41) is 5.46. The molecule has 0 atom stereocenters. The second-order valence-corrected chi connectivity index (χ2v) is 6.20. The molecule has 23 heavy (non-hydrogen) atoms. The van der Waals surface area contributed by atoms with Crippen LogP contribution in [-0.4, -0.2) is 37.0 Å². The minimum absolute atomic E-state index is 0.109. The molecule has 0 saturated heterocycles. The monoisotopic (exact) mass is 337 g/mol. The molecule has 2 aromatic rings. The van der Waals surface area contributed by atoms with Gasteiger partial charge in [-0.2, -0.15) is 13.5 Å². The number of hydrogen-bond acceptors (Lipinski definition) is 6. The number of sulfonamides is 1. The van der Waals surface area contributed by atoms with Gasteiger partial charge in [0.25, 0.3) is 10.0 Å². The van der Waals surface area contributed by atoms with Crippen LogP contribution in [0, 0.1) is 0 Å². The van der Waals surface area contributed by atoms with Crippen LogP contribution in [-0.2, 0) is 14.8 Å². The largest absolute Gasteiger partial charge is 0.462 e. The highest BCUT2D eigenvalue weighted by Gasteiger charge is 2.26. The number of nitrogens with zero attached hydrogens (tertiary/aromatic N) is 1. The molecule has 1 aromatic carbocycles. The summed E-state index contributed by atoms with van der Waals surface area (Å²) < 4.78 is 31.9. The first kappa shape index (κ1) is 16.7. The lowest BCUT2D eigenvalue weighted by Crippen LogP contribution is -2.18. The number of benzene rings is 1. The van der Waals surface area contributed by atoms with Crippen molar-refractivity contribution in [1.82, 2.24) is 10.2 Å². The Morgan fingerprint density at radius 3 is 2.74 bits per heavy atom. The van der Waals surface area contributed by atoms with E-state index in [-0.39, 0.29) is 23.6 Å². The predicted molar refractivity (Wildman–Crippen MR) is 81.8 cm³/mol. The summed E-state index contributed by atoms with van der Waals surface area (Å²) >= 11 is 0. The fraction of sp³-hybridized carbons (Fsp3) is 0.214. The molecular weight excluding hydrogens is 322 g/mol. The van der Waals surface area contributed by atoms with Crippen LogP contribution in [0.25, 0.3) is 0 Å². The fourth-order valence-corrected chi connectivity index (χ4v) is 2.98. The Morgan fingerprint density at radius 2 is 2.09 bits per heavy atom. The van der Waals surface area contributed by atoms with E-state index in [2.05, 4.69) is 14.9 Å². The molecule has 122 valence electrons. The maximum atomic E-state index is 12.4. The van der Waals surface area contributed by atoms with Crippen LogP contribution in [0.1, 0.15) is 34.6 Å². The Kier molecular flexibility index (Phi) is 4.80. The van der Waals surface area contributed by atoms with Crippen molar-refractivity contribution >= 4 is 27.5 Å². The quantitative estimate of drug-likeness (QED) is 0.610. The van der Waals surface area contributed by atoms with Crippen LogP contribution in [0.3, 0.4) is 0 Å². The molecule has 0 unspecified atom stereocenters. The number of anilines is 1. The Balaban J connectivity index is 2.33. The number of H-pyrrole nitrogens is 1. The highest BCUT2D eigenvalue weighted by Crippen LogP contribution is 2.19. The number of aromatic nitrogens is 2. The first-order valence-electron chi connectivity index (χ1n) is 6.69. The Bertz CT molecular complexity index is 842. The maximum Gasteiger partial charge on any atom is 0.342 e. The fourth-order valence-electron chi connectivity index (χ4n) is 1.84. The van der Waals surface area contributed by atoms with Gasteiger partial charge in [-0.3, -0.25) is 14.6 Å². The van der Waals surface area contributed by atoms with Gasteiger partial charge in [0, 0.05) is 11.3 Å². The van der Waals surface area contributed by atoms with Gasteiger partial charge in [0.15, 0.2) is 10.8 Å². The van der Waals surface area contributed by atoms with Gasteiger partial charge < -0.3 is 4.74 Å². The average molecular weight is 337 g/mol. The molecule has 9 heteroatoms. The molecule has 0 aliphatic rings. The zero-order valence-electron chi connectivity index (χ0n) is 12.5. The Morgan fingerprint density at radius 1 is 1.35 bits per heavy atom. The minimum atomic E-state index is -4.09. The molecule has 0 saturated carbocycles. The number of nitrogens with one attached hydrogen (secondary N) is 2. The van der Waals surface area contributed by atoms with Gasteiger partial charge in [-0.1, -0.05) is 12.1 Å². The van der Waals surface area contributed by atoms with Gasteiger partial charge in [0.1, 0.15) is 5.56 Å². The van der Waals surface area contributed by atoms with Crippen molar-refractivity contribution in [3.63, 3.8) is 0 Å². The average Bonchev–Trinajstić information content (AvgIpc) is 2.97. The van der Waals surface area contributed by atoms with E-state index in [1.54, 1.807) is 19.1 Å². The molecule has 0 bridgehead atoms. The van der Waals surface area contributed by atoms with E-state index in [0.717, 1.165) is 6.20 Å². The summed E-state index contributed by atoms with van der Waals surface area (Å²) in [5.41, 5.74) is 0.365. The Hall–Kier alpha value is -2.68. The zero-order chi connectivity index (χ0) is 17.0. The molecule has 2 N–H and O–H groups in total. The normalized spacial score (nSPS) is 11.0. The third-order valence-corrected chi connectivity index (χ3v) is 4.24. The van der Waals surface area contributed by atoms with Crippen LogP contribution in [0.4, 0.5) is 5.69 Å². The van der Waals surface area contributed by atoms with E-state index >= 15 is 0 Å². The van der Waals surface area contributed by atoms with Crippen LogP contribution < -0.4 is 4.72 Å². The van der Waals surface area contributed by atoms with Crippen LogP contribution in [0.15, 0.2) is 35.5 Å². The van der Waals surface area contributed by atoms with Crippen molar-refractivity contribution in [2.45, 2.75) is 18.9 Å². The lowest BCUT2D eigenvalue weighted by Gasteiger charge is -2.08. The molecule has 0 amide bonds. The highest BCUT2D eigenvalue weighted by molar-refractivity contribution is 7.92. The number of rotatable bonds is 6. The van der Waals surface area contributed by atoms with Crippen molar-refractivity contribution in [3.8, 4) is 0 Å². The van der Waals surface area contributed by atoms with Crippen LogP contribution in [0.5, 0.6) is 0 Å². The highest BCUT2D eigenvalue weighted by atomic mass is 32.2. The Labute approximate surface area is 132 Å². The predicted octanol–water partition coefficient (Wildman–Crippen LogP) is 1.59. The number of carbonyl (C=O) groups is 2. The summed E-state index contributed by atoms with van der Waals surface area (Å²) in [6.07, 6.45) is 1.08. The summed E-state index contributed by atoms with van der Waals surface area (Å²) in [6.45, 7) is 3.09. The third-order valence-electron chi connectivity index (χ3n) is 2.89. The standard InChI is InChI=1S/C14H15N3O5S/c1-3-22-14(19)12-8-15-16-13(12)23(20,21)17-11-6-4-5-10(7-11)9(2)18/h4-8,17H,3H2,1-2H3,(H,15,16). The molecule has 0 aliphatic heterocycles. The van der Waals surface area contributed by atoms with E-state index in [9.17, 15) is 18.0 Å². The number of ether oxygens (including phenoxy) is 1. The first-order valence-corrected chi connectivity index (χ1v) is 8.17. The number of carbonyl (C=O) groups excluding carboxylic acids is 2. The zero-order valence-corrected chi connectivity index (χ0v) is 13.3. The molecule has 1 aromatic heterocycles. The van der Waals surface area contributed by atoms with Crippen molar-refractivity contribution in [2.75, 3.05) is 11.3 Å². The van der Waals surface area contributed by atoms with Gasteiger partial charge in [0.05, 0.1) is 12.8 Å².